The van der Waals surface area contributed by atoms with Crippen LogP contribution in [0.2, 0.25) is 0 Å². The molecule has 0 bridgehead atoms. The summed E-state index contributed by atoms with van der Waals surface area (Å²) < 4.78 is 0. The lowest BCUT2D eigenvalue weighted by Gasteiger charge is -2.35. The average Bonchev–Trinajstić information content (AvgIpc) is 2.86. The summed E-state index contributed by atoms with van der Waals surface area (Å²) in [6.07, 6.45) is 6.79. The summed E-state index contributed by atoms with van der Waals surface area (Å²) in [6, 6.07) is 1.44. The topological polar surface area (TPSA) is 30.9 Å². The van der Waals surface area contributed by atoms with Gasteiger partial charge in [-0.05, 0) is 66.5 Å². The Kier molecular flexibility index (Phi) is 6.34. The second-order valence-corrected chi connectivity index (χ2v) is 7.20. The Morgan fingerprint density at radius 2 is 1.76 bits per heavy atom. The molecule has 0 aliphatic carbocycles. The standard InChI is InChI=1S/C17H34N4/c1-14(2)18-17(19-15(3)4)21-12-8-9-16(21)13-20-10-6-5-7-11-20/h14-16H,5-13H2,1-4H3,(H,18,19)/t16-/m0/s1. The van der Waals surface area contributed by atoms with Crippen LogP contribution in [0, 0.1) is 0 Å². The largest absolute Gasteiger partial charge is 0.354 e. The number of hydrogen-bond acceptors (Lipinski definition) is 2. The Bertz CT molecular complexity index is 332. The van der Waals surface area contributed by atoms with E-state index >= 15 is 0 Å². The molecule has 0 spiro atoms. The van der Waals surface area contributed by atoms with Crippen LogP contribution in [-0.4, -0.2) is 60.1 Å². The van der Waals surface area contributed by atoms with Crippen LogP contribution >= 0.6 is 0 Å². The molecule has 0 aromatic rings. The maximum Gasteiger partial charge on any atom is 0.194 e. The predicted octanol–water partition coefficient (Wildman–Crippen LogP) is 2.70. The zero-order valence-electron chi connectivity index (χ0n) is 14.4. The zero-order chi connectivity index (χ0) is 15.2. The minimum absolute atomic E-state index is 0.350. The predicted molar refractivity (Wildman–Crippen MR) is 90.9 cm³/mol. The smallest absolute Gasteiger partial charge is 0.194 e. The first-order valence-corrected chi connectivity index (χ1v) is 8.89. The molecule has 0 saturated carbocycles. The second-order valence-electron chi connectivity index (χ2n) is 7.20. The number of guanidine groups is 1. The van der Waals surface area contributed by atoms with E-state index in [2.05, 4.69) is 42.8 Å². The van der Waals surface area contributed by atoms with Gasteiger partial charge in [-0.1, -0.05) is 6.42 Å². The first kappa shape index (κ1) is 16.6. The highest BCUT2D eigenvalue weighted by Crippen LogP contribution is 2.20. The quantitative estimate of drug-likeness (QED) is 0.639. The van der Waals surface area contributed by atoms with Crippen LogP contribution in [0.1, 0.15) is 59.8 Å². The van der Waals surface area contributed by atoms with Crippen molar-refractivity contribution in [1.82, 2.24) is 15.1 Å². The molecule has 0 unspecified atom stereocenters. The third kappa shape index (κ3) is 5.17. The van der Waals surface area contributed by atoms with Gasteiger partial charge in [-0.15, -0.1) is 0 Å². The molecule has 2 saturated heterocycles. The monoisotopic (exact) mass is 294 g/mol. The fourth-order valence-corrected chi connectivity index (χ4v) is 3.44. The van der Waals surface area contributed by atoms with E-state index in [1.165, 1.54) is 51.7 Å². The van der Waals surface area contributed by atoms with Crippen LogP contribution in [0.4, 0.5) is 0 Å². The molecule has 4 heteroatoms. The van der Waals surface area contributed by atoms with E-state index < -0.39 is 0 Å². The van der Waals surface area contributed by atoms with E-state index in [9.17, 15) is 0 Å². The van der Waals surface area contributed by atoms with Crippen molar-refractivity contribution < 1.29 is 0 Å². The van der Waals surface area contributed by atoms with Crippen LogP contribution in [0.25, 0.3) is 0 Å². The van der Waals surface area contributed by atoms with E-state index in [-0.39, 0.29) is 0 Å². The molecular formula is C17H34N4. The molecule has 21 heavy (non-hydrogen) atoms. The summed E-state index contributed by atoms with van der Waals surface area (Å²) >= 11 is 0. The Morgan fingerprint density at radius 1 is 1.05 bits per heavy atom. The zero-order valence-corrected chi connectivity index (χ0v) is 14.4. The molecule has 2 aliphatic heterocycles. The van der Waals surface area contributed by atoms with E-state index in [1.807, 2.05) is 0 Å². The van der Waals surface area contributed by atoms with Gasteiger partial charge in [0, 0.05) is 31.2 Å². The summed E-state index contributed by atoms with van der Waals surface area (Å²) in [5, 5.41) is 3.58. The lowest BCUT2D eigenvalue weighted by atomic mass is 10.1. The first-order chi connectivity index (χ1) is 10.1. The average molecular weight is 294 g/mol. The number of hydrogen-bond donors (Lipinski definition) is 1. The SMILES string of the molecule is CC(C)N=C(NC(C)C)N1CCC[C@H]1CN1CCCCC1. The molecular weight excluding hydrogens is 260 g/mol. The van der Waals surface area contributed by atoms with Gasteiger partial charge >= 0.3 is 0 Å². The van der Waals surface area contributed by atoms with Crippen molar-refractivity contribution >= 4 is 5.96 Å². The molecule has 2 fully saturated rings. The fourth-order valence-electron chi connectivity index (χ4n) is 3.44. The molecule has 0 aromatic heterocycles. The molecule has 1 atom stereocenters. The van der Waals surface area contributed by atoms with Crippen molar-refractivity contribution in [2.45, 2.75) is 77.9 Å². The third-order valence-corrected chi connectivity index (χ3v) is 4.37. The normalized spacial score (nSPS) is 25.1. The van der Waals surface area contributed by atoms with Crippen LogP contribution < -0.4 is 5.32 Å². The van der Waals surface area contributed by atoms with Gasteiger partial charge in [-0.3, -0.25) is 4.99 Å². The van der Waals surface area contributed by atoms with Crippen molar-refractivity contribution in [2.75, 3.05) is 26.2 Å². The van der Waals surface area contributed by atoms with Crippen molar-refractivity contribution in [3.8, 4) is 0 Å². The Balaban J connectivity index is 2.00. The maximum atomic E-state index is 4.86. The van der Waals surface area contributed by atoms with Gasteiger partial charge in [0.1, 0.15) is 0 Å². The lowest BCUT2D eigenvalue weighted by Crippen LogP contribution is -2.50. The molecule has 0 amide bonds. The number of likely N-dealkylation sites (tertiary alicyclic amines) is 2. The summed E-state index contributed by atoms with van der Waals surface area (Å²) in [4.78, 5) is 10.1. The van der Waals surface area contributed by atoms with E-state index in [1.54, 1.807) is 0 Å². The van der Waals surface area contributed by atoms with E-state index in [0.29, 0.717) is 18.1 Å². The van der Waals surface area contributed by atoms with E-state index in [4.69, 9.17) is 4.99 Å². The van der Waals surface area contributed by atoms with Gasteiger partial charge in [0.25, 0.3) is 0 Å². The van der Waals surface area contributed by atoms with Crippen LogP contribution in [-0.2, 0) is 0 Å². The van der Waals surface area contributed by atoms with Crippen LogP contribution in [0.3, 0.4) is 0 Å². The number of aliphatic imine (C=N–C) groups is 1. The third-order valence-electron chi connectivity index (χ3n) is 4.37. The molecule has 4 nitrogen and oxygen atoms in total. The van der Waals surface area contributed by atoms with Crippen molar-refractivity contribution in [1.29, 1.82) is 0 Å². The molecule has 0 radical (unpaired) electrons. The van der Waals surface area contributed by atoms with Crippen LogP contribution in [0.15, 0.2) is 4.99 Å². The highest BCUT2D eigenvalue weighted by atomic mass is 15.3. The van der Waals surface area contributed by atoms with Gasteiger partial charge in [0.15, 0.2) is 5.96 Å². The fraction of sp³-hybridized carbons (Fsp3) is 0.941. The summed E-state index contributed by atoms with van der Waals surface area (Å²) in [5.74, 6) is 1.12. The van der Waals surface area contributed by atoms with Crippen LogP contribution in [0.5, 0.6) is 0 Å². The number of nitrogens with zero attached hydrogens (tertiary/aromatic N) is 3. The lowest BCUT2D eigenvalue weighted by molar-refractivity contribution is 0.184. The van der Waals surface area contributed by atoms with E-state index in [0.717, 1.165) is 12.5 Å². The molecule has 2 rings (SSSR count). The minimum Gasteiger partial charge on any atom is -0.354 e. The molecule has 122 valence electrons. The molecule has 2 aliphatic rings. The maximum absolute atomic E-state index is 4.86. The molecule has 0 aromatic carbocycles. The summed E-state index contributed by atoms with van der Waals surface area (Å²) in [5.41, 5.74) is 0. The van der Waals surface area contributed by atoms with Crippen molar-refractivity contribution in [3.05, 3.63) is 0 Å². The van der Waals surface area contributed by atoms with Gasteiger partial charge in [-0.2, -0.15) is 0 Å². The summed E-state index contributed by atoms with van der Waals surface area (Å²) in [6.45, 7) is 13.7. The Hall–Kier alpha value is -0.770. The Morgan fingerprint density at radius 3 is 2.38 bits per heavy atom. The number of nitrogens with one attached hydrogen (secondary N) is 1. The molecule has 1 N–H and O–H groups in total. The summed E-state index contributed by atoms with van der Waals surface area (Å²) in [7, 11) is 0. The first-order valence-electron chi connectivity index (χ1n) is 8.89. The van der Waals surface area contributed by atoms with Gasteiger partial charge in [0.05, 0.1) is 0 Å². The Labute approximate surface area is 131 Å². The van der Waals surface area contributed by atoms with Gasteiger partial charge < -0.3 is 15.1 Å². The number of rotatable bonds is 4. The number of piperidine rings is 1. The second kappa shape index (κ2) is 8.02. The van der Waals surface area contributed by atoms with Crippen molar-refractivity contribution in [3.63, 3.8) is 0 Å². The van der Waals surface area contributed by atoms with Gasteiger partial charge in [-0.25, -0.2) is 0 Å². The van der Waals surface area contributed by atoms with Gasteiger partial charge in [0.2, 0.25) is 0 Å². The minimum atomic E-state index is 0.350. The highest BCUT2D eigenvalue weighted by Gasteiger charge is 2.29. The molecule has 2 heterocycles. The van der Waals surface area contributed by atoms with Crippen molar-refractivity contribution in [2.24, 2.45) is 4.99 Å². The highest BCUT2D eigenvalue weighted by molar-refractivity contribution is 5.81.